The molecule has 4 rings (SSSR count). The molecule has 3 nitrogen and oxygen atoms in total. The molecule has 23 heavy (non-hydrogen) atoms. The fraction of sp³-hybridized carbons (Fsp3) is 0.368. The van der Waals surface area contributed by atoms with Gasteiger partial charge in [-0.2, -0.15) is 0 Å². The van der Waals surface area contributed by atoms with Crippen molar-refractivity contribution < 1.29 is 8.42 Å². The summed E-state index contributed by atoms with van der Waals surface area (Å²) in [5, 5.41) is 0. The van der Waals surface area contributed by atoms with Crippen LogP contribution in [0.5, 0.6) is 0 Å². The molecule has 0 radical (unpaired) electrons. The summed E-state index contributed by atoms with van der Waals surface area (Å²) in [5.41, 5.74) is 4.49. The maximum Gasteiger partial charge on any atom is 0.264 e. The van der Waals surface area contributed by atoms with Crippen LogP contribution in [0.15, 0.2) is 47.4 Å². The zero-order valence-electron chi connectivity index (χ0n) is 13.2. The largest absolute Gasteiger partial charge is 0.266 e. The van der Waals surface area contributed by atoms with Crippen LogP contribution in [0.25, 0.3) is 0 Å². The highest BCUT2D eigenvalue weighted by Gasteiger charge is 2.29. The van der Waals surface area contributed by atoms with Crippen LogP contribution in [0.1, 0.15) is 36.0 Å². The van der Waals surface area contributed by atoms with E-state index >= 15 is 0 Å². The summed E-state index contributed by atoms with van der Waals surface area (Å²) in [6.07, 6.45) is 6.26. The van der Waals surface area contributed by atoms with Crippen molar-refractivity contribution in [3.8, 4) is 0 Å². The Hall–Kier alpha value is -1.81. The molecule has 2 aromatic carbocycles. The predicted molar refractivity (Wildman–Crippen MR) is 92.4 cm³/mol. The summed E-state index contributed by atoms with van der Waals surface area (Å²) in [6.45, 7) is 0.566. The maximum atomic E-state index is 13.2. The molecule has 0 N–H and O–H groups in total. The van der Waals surface area contributed by atoms with Crippen LogP contribution in [-0.4, -0.2) is 15.0 Å². The molecule has 0 saturated carbocycles. The molecular formula is C19H21NO2S. The van der Waals surface area contributed by atoms with Gasteiger partial charge in [0.15, 0.2) is 0 Å². The zero-order valence-corrected chi connectivity index (χ0v) is 14.0. The molecule has 0 spiro atoms. The first-order valence-corrected chi connectivity index (χ1v) is 9.83. The first-order chi connectivity index (χ1) is 11.2. The van der Waals surface area contributed by atoms with Crippen LogP contribution >= 0.6 is 0 Å². The van der Waals surface area contributed by atoms with Gasteiger partial charge in [-0.05, 0) is 73.4 Å². The summed E-state index contributed by atoms with van der Waals surface area (Å²) < 4.78 is 27.9. The molecule has 2 aromatic rings. The smallest absolute Gasteiger partial charge is 0.264 e. The Balaban J connectivity index is 1.77. The molecule has 0 atom stereocenters. The van der Waals surface area contributed by atoms with E-state index in [4.69, 9.17) is 0 Å². The highest BCUT2D eigenvalue weighted by Crippen LogP contribution is 2.33. The minimum absolute atomic E-state index is 0.440. The highest BCUT2D eigenvalue weighted by atomic mass is 32.2. The molecule has 0 saturated heterocycles. The van der Waals surface area contributed by atoms with E-state index in [0.29, 0.717) is 11.4 Å². The molecule has 2 aliphatic rings. The summed E-state index contributed by atoms with van der Waals surface area (Å²) in [7, 11) is -3.48. The fourth-order valence-electron chi connectivity index (χ4n) is 3.75. The number of hydrogen-bond acceptors (Lipinski definition) is 2. The number of sulfonamides is 1. The lowest BCUT2D eigenvalue weighted by molar-refractivity contribution is 0.586. The van der Waals surface area contributed by atoms with Crippen molar-refractivity contribution in [1.82, 2.24) is 0 Å². The lowest BCUT2D eigenvalue weighted by atomic mass is 9.92. The van der Waals surface area contributed by atoms with Gasteiger partial charge in [-0.25, -0.2) is 8.42 Å². The Morgan fingerprint density at radius 1 is 0.783 bits per heavy atom. The summed E-state index contributed by atoms with van der Waals surface area (Å²) in [5.74, 6) is 0. The molecule has 1 aliphatic carbocycles. The minimum Gasteiger partial charge on any atom is -0.266 e. The fourth-order valence-corrected chi connectivity index (χ4v) is 5.34. The summed E-state index contributed by atoms with van der Waals surface area (Å²) in [6, 6.07) is 13.6. The second-order valence-corrected chi connectivity index (χ2v) is 8.31. The number of fused-ring (bicyclic) bond motifs is 2. The van der Waals surface area contributed by atoms with Crippen molar-refractivity contribution in [3.63, 3.8) is 0 Å². The van der Waals surface area contributed by atoms with E-state index < -0.39 is 10.0 Å². The van der Waals surface area contributed by atoms with Gasteiger partial charge in [0.25, 0.3) is 10.0 Å². The number of rotatable bonds is 2. The van der Waals surface area contributed by atoms with Gasteiger partial charge in [0.2, 0.25) is 0 Å². The predicted octanol–water partition coefficient (Wildman–Crippen LogP) is 3.71. The molecule has 0 unspecified atom stereocenters. The van der Waals surface area contributed by atoms with Crippen molar-refractivity contribution >= 4 is 15.7 Å². The van der Waals surface area contributed by atoms with Crippen LogP contribution in [0.4, 0.5) is 5.69 Å². The van der Waals surface area contributed by atoms with Crippen molar-refractivity contribution in [1.29, 1.82) is 0 Å². The molecular weight excluding hydrogens is 306 g/mol. The van der Waals surface area contributed by atoms with Gasteiger partial charge in [0, 0.05) is 6.54 Å². The highest BCUT2D eigenvalue weighted by molar-refractivity contribution is 7.92. The van der Waals surface area contributed by atoms with E-state index in [1.165, 1.54) is 17.5 Å². The Morgan fingerprint density at radius 2 is 1.52 bits per heavy atom. The lowest BCUT2D eigenvalue weighted by Crippen LogP contribution is -2.35. The third kappa shape index (κ3) is 2.55. The van der Waals surface area contributed by atoms with Crippen molar-refractivity contribution in [3.05, 3.63) is 59.2 Å². The molecule has 0 amide bonds. The van der Waals surface area contributed by atoms with Crippen LogP contribution < -0.4 is 4.31 Å². The number of aryl methyl sites for hydroxylation is 3. The quantitative estimate of drug-likeness (QED) is 0.843. The van der Waals surface area contributed by atoms with Crippen LogP contribution in [0, 0.1) is 0 Å². The third-order valence-electron chi connectivity index (χ3n) is 4.98. The summed E-state index contributed by atoms with van der Waals surface area (Å²) >= 11 is 0. The summed E-state index contributed by atoms with van der Waals surface area (Å²) in [4.78, 5) is 0.440. The molecule has 1 aliphatic heterocycles. The molecule has 120 valence electrons. The van der Waals surface area contributed by atoms with Gasteiger partial charge >= 0.3 is 0 Å². The average molecular weight is 327 g/mol. The monoisotopic (exact) mass is 327 g/mol. The first-order valence-electron chi connectivity index (χ1n) is 8.39. The van der Waals surface area contributed by atoms with Crippen molar-refractivity contribution in [2.45, 2.75) is 43.4 Å². The first kappa shape index (κ1) is 14.8. The Labute approximate surface area is 138 Å². The Kier molecular flexibility index (Phi) is 3.64. The molecule has 4 heteroatoms. The van der Waals surface area contributed by atoms with Crippen molar-refractivity contribution in [2.75, 3.05) is 10.8 Å². The topological polar surface area (TPSA) is 37.4 Å². The van der Waals surface area contributed by atoms with E-state index in [1.54, 1.807) is 10.4 Å². The number of para-hydroxylation sites is 1. The molecule has 0 bridgehead atoms. The number of nitrogens with zero attached hydrogens (tertiary/aromatic N) is 1. The van der Waals surface area contributed by atoms with Crippen LogP contribution in [0.2, 0.25) is 0 Å². The Bertz CT molecular complexity index is 842. The number of anilines is 1. The van der Waals surface area contributed by atoms with Gasteiger partial charge in [-0.15, -0.1) is 0 Å². The SMILES string of the molecule is O=S(=O)(c1ccc2c(c1)CCCC2)N1CCCc2ccccc21. The van der Waals surface area contributed by atoms with Gasteiger partial charge < -0.3 is 0 Å². The van der Waals surface area contributed by atoms with Crippen LogP contribution in [-0.2, 0) is 29.3 Å². The van der Waals surface area contributed by atoms with E-state index in [1.807, 2.05) is 36.4 Å². The average Bonchev–Trinajstić information content (AvgIpc) is 2.60. The maximum absolute atomic E-state index is 13.2. The second-order valence-electron chi connectivity index (χ2n) is 6.45. The molecule has 1 heterocycles. The minimum atomic E-state index is -3.48. The van der Waals surface area contributed by atoms with E-state index in [9.17, 15) is 8.42 Å². The standard InChI is InChI=1S/C19H21NO2S/c21-23(22,18-12-11-15-6-1-2-8-17(15)14-18)20-13-5-9-16-7-3-4-10-19(16)20/h3-4,7,10-12,14H,1-2,5-6,8-9,13H2. The molecule has 0 fully saturated rings. The van der Waals surface area contributed by atoms with Gasteiger partial charge in [-0.3, -0.25) is 4.31 Å². The van der Waals surface area contributed by atoms with E-state index in [-0.39, 0.29) is 0 Å². The number of benzene rings is 2. The zero-order chi connectivity index (χ0) is 15.9. The number of hydrogen-bond donors (Lipinski definition) is 0. The molecule has 0 aromatic heterocycles. The van der Waals surface area contributed by atoms with Crippen LogP contribution in [0.3, 0.4) is 0 Å². The Morgan fingerprint density at radius 3 is 2.39 bits per heavy atom. The third-order valence-corrected chi connectivity index (χ3v) is 6.78. The van der Waals surface area contributed by atoms with E-state index in [0.717, 1.165) is 43.4 Å². The van der Waals surface area contributed by atoms with Gasteiger partial charge in [-0.1, -0.05) is 24.3 Å². The lowest BCUT2D eigenvalue weighted by Gasteiger charge is -2.30. The normalized spacial score (nSPS) is 17.5. The van der Waals surface area contributed by atoms with E-state index in [2.05, 4.69) is 0 Å². The van der Waals surface area contributed by atoms with Gasteiger partial charge in [0.05, 0.1) is 10.6 Å². The van der Waals surface area contributed by atoms with Gasteiger partial charge in [0.1, 0.15) is 0 Å². The second kappa shape index (κ2) is 5.68. The van der Waals surface area contributed by atoms with Crippen molar-refractivity contribution in [2.24, 2.45) is 0 Å².